The molecule has 0 fully saturated rings. The summed E-state index contributed by atoms with van der Waals surface area (Å²) in [6, 6.07) is 30.4. The second-order valence-corrected chi connectivity index (χ2v) is 11.2. The number of ether oxygens (including phenoxy) is 1. The Kier molecular flexibility index (Phi) is 11.9. The number of carbonyl (C=O) groups excluding carboxylic acids is 2. The van der Waals surface area contributed by atoms with Gasteiger partial charge in [0.2, 0.25) is 5.91 Å². The molecule has 4 rings (SSSR count). The number of benzene rings is 4. The van der Waals surface area contributed by atoms with Gasteiger partial charge in [-0.3, -0.25) is 9.59 Å². The van der Waals surface area contributed by atoms with E-state index in [0.717, 1.165) is 29.5 Å². The summed E-state index contributed by atoms with van der Waals surface area (Å²) in [6.07, 6.45) is 1.80. The molecule has 0 aliphatic carbocycles. The molecule has 0 bridgehead atoms. The van der Waals surface area contributed by atoms with Crippen LogP contribution in [0.15, 0.2) is 103 Å². The topological polar surface area (TPSA) is 95.9 Å². The van der Waals surface area contributed by atoms with E-state index in [1.165, 1.54) is 0 Å². The minimum absolute atomic E-state index is 0.0201. The maximum absolute atomic E-state index is 13.3. The smallest absolute Gasteiger partial charge is 0.326 e. The van der Waals surface area contributed by atoms with E-state index in [4.69, 9.17) is 4.74 Å². The molecule has 0 aliphatic heterocycles. The predicted molar refractivity (Wildman–Crippen MR) is 178 cm³/mol. The van der Waals surface area contributed by atoms with Crippen molar-refractivity contribution in [3.63, 3.8) is 0 Å². The van der Waals surface area contributed by atoms with Crippen molar-refractivity contribution in [3.05, 3.63) is 131 Å². The molecule has 1 atom stereocenters. The third-order valence-corrected chi connectivity index (χ3v) is 7.93. The van der Waals surface area contributed by atoms with Crippen molar-refractivity contribution in [1.29, 1.82) is 0 Å². The van der Waals surface area contributed by atoms with Crippen molar-refractivity contribution in [3.8, 4) is 5.75 Å². The van der Waals surface area contributed by atoms with Crippen LogP contribution in [0.5, 0.6) is 5.75 Å². The molecule has 4 aromatic carbocycles. The molecule has 7 heteroatoms. The first-order valence-corrected chi connectivity index (χ1v) is 15.5. The number of anilines is 1. The van der Waals surface area contributed by atoms with Gasteiger partial charge < -0.3 is 20.1 Å². The van der Waals surface area contributed by atoms with Crippen LogP contribution >= 0.6 is 0 Å². The van der Waals surface area contributed by atoms with Crippen LogP contribution in [0.3, 0.4) is 0 Å². The number of rotatable bonds is 16. The largest absolute Gasteiger partial charge is 0.492 e. The van der Waals surface area contributed by atoms with Crippen LogP contribution in [0.25, 0.3) is 0 Å². The van der Waals surface area contributed by atoms with Crippen molar-refractivity contribution in [2.75, 3.05) is 18.5 Å². The number of aryl methyl sites for hydroxylation is 1. The van der Waals surface area contributed by atoms with E-state index >= 15 is 0 Å². The fourth-order valence-electron chi connectivity index (χ4n) is 5.37. The Morgan fingerprint density at radius 3 is 2.18 bits per heavy atom. The highest BCUT2D eigenvalue weighted by Gasteiger charge is 2.23. The van der Waals surface area contributed by atoms with Gasteiger partial charge in [0, 0.05) is 35.7 Å². The Bertz CT molecular complexity index is 1560. The molecular formula is C38H42N2O5. The van der Waals surface area contributed by atoms with Crippen LogP contribution in [0.2, 0.25) is 0 Å². The Morgan fingerprint density at radius 2 is 1.51 bits per heavy atom. The molecule has 4 aromatic rings. The normalized spacial score (nSPS) is 11.6. The lowest BCUT2D eigenvalue weighted by atomic mass is 10.00. The number of aliphatic carboxylic acids is 1. The maximum atomic E-state index is 13.3. The van der Waals surface area contributed by atoms with Gasteiger partial charge in [0.25, 0.3) is 0 Å². The lowest BCUT2D eigenvalue weighted by molar-refractivity contribution is -0.138. The number of carboxylic acid groups (broad SMARTS) is 1. The molecule has 234 valence electrons. The molecule has 0 aromatic heterocycles. The molecular weight excluding hydrogens is 564 g/mol. The van der Waals surface area contributed by atoms with Gasteiger partial charge in [-0.1, -0.05) is 98.3 Å². The van der Waals surface area contributed by atoms with E-state index in [2.05, 4.69) is 11.4 Å². The summed E-state index contributed by atoms with van der Waals surface area (Å²) < 4.78 is 6.02. The second-order valence-electron chi connectivity index (χ2n) is 11.2. The highest BCUT2D eigenvalue weighted by molar-refractivity contribution is 6.12. The van der Waals surface area contributed by atoms with Gasteiger partial charge in [-0.2, -0.15) is 0 Å². The van der Waals surface area contributed by atoms with E-state index in [9.17, 15) is 19.5 Å². The Hall–Kier alpha value is -4.91. The first kappa shape index (κ1) is 33.0. The summed E-state index contributed by atoms with van der Waals surface area (Å²) >= 11 is 0. The summed E-state index contributed by atoms with van der Waals surface area (Å²) in [5.41, 5.74) is 4.47. The minimum Gasteiger partial charge on any atom is -0.492 e. The van der Waals surface area contributed by atoms with Crippen LogP contribution in [0, 0.1) is 12.8 Å². The summed E-state index contributed by atoms with van der Waals surface area (Å²) in [4.78, 5) is 40.5. The van der Waals surface area contributed by atoms with Gasteiger partial charge >= 0.3 is 5.97 Å². The molecule has 0 spiro atoms. The molecule has 2 N–H and O–H groups in total. The van der Waals surface area contributed by atoms with Crippen molar-refractivity contribution in [2.24, 2.45) is 5.92 Å². The van der Waals surface area contributed by atoms with E-state index in [1.54, 1.807) is 48.5 Å². The van der Waals surface area contributed by atoms with E-state index < -0.39 is 12.0 Å². The summed E-state index contributed by atoms with van der Waals surface area (Å²) in [7, 11) is 0. The zero-order chi connectivity index (χ0) is 32.2. The summed E-state index contributed by atoms with van der Waals surface area (Å²) in [5, 5.41) is 13.1. The zero-order valence-corrected chi connectivity index (χ0v) is 26.2. The highest BCUT2D eigenvalue weighted by atomic mass is 16.5. The first-order chi connectivity index (χ1) is 21.8. The van der Waals surface area contributed by atoms with Gasteiger partial charge in [-0.05, 0) is 55.2 Å². The number of ketones is 1. The van der Waals surface area contributed by atoms with Crippen molar-refractivity contribution in [2.45, 2.75) is 52.6 Å². The highest BCUT2D eigenvalue weighted by Crippen LogP contribution is 2.22. The van der Waals surface area contributed by atoms with Gasteiger partial charge in [0.1, 0.15) is 18.4 Å². The number of carbonyl (C=O) groups is 3. The number of hydrogen-bond donors (Lipinski definition) is 2. The zero-order valence-electron chi connectivity index (χ0n) is 26.2. The van der Waals surface area contributed by atoms with Crippen molar-refractivity contribution >= 4 is 23.3 Å². The summed E-state index contributed by atoms with van der Waals surface area (Å²) in [5.74, 6) is -0.438. The molecule has 0 radical (unpaired) electrons. The van der Waals surface area contributed by atoms with Crippen molar-refractivity contribution < 1.29 is 24.2 Å². The minimum atomic E-state index is -1.02. The SMILES string of the molecule is CCC(CC)C(=O)N(CCOc1ccc(C[C@H](Nc2ccccc2C(=O)c2ccccc2)C(=O)O)cc1)Cc1cccc(C)c1. The van der Waals surface area contributed by atoms with Gasteiger partial charge in [-0.15, -0.1) is 0 Å². The van der Waals surface area contributed by atoms with Gasteiger partial charge in [-0.25, -0.2) is 4.79 Å². The van der Waals surface area contributed by atoms with E-state index in [1.807, 2.05) is 74.2 Å². The fourth-order valence-corrected chi connectivity index (χ4v) is 5.37. The van der Waals surface area contributed by atoms with Crippen LogP contribution in [-0.2, 0) is 22.6 Å². The van der Waals surface area contributed by atoms with Crippen LogP contribution in [0.1, 0.15) is 59.3 Å². The number of nitrogens with one attached hydrogen (secondary N) is 1. The lowest BCUT2D eigenvalue weighted by Crippen LogP contribution is -2.38. The molecule has 7 nitrogen and oxygen atoms in total. The summed E-state index contributed by atoms with van der Waals surface area (Å²) in [6.45, 7) is 7.46. The third kappa shape index (κ3) is 9.29. The standard InChI is InChI=1S/C38H42N2O5/c1-4-30(5-2)37(42)40(26-29-13-11-12-27(3)24-29)22-23-45-32-20-18-28(19-21-32)25-35(38(43)44)39-34-17-10-9-16-33(34)36(41)31-14-7-6-8-15-31/h6-21,24,30,35,39H,4-5,22-23,25-26H2,1-3H3,(H,43,44)/t35-/m0/s1. The average molecular weight is 607 g/mol. The third-order valence-electron chi connectivity index (χ3n) is 7.93. The maximum Gasteiger partial charge on any atom is 0.326 e. The number of amides is 1. The van der Waals surface area contributed by atoms with Gasteiger partial charge in [0.15, 0.2) is 5.78 Å². The van der Waals surface area contributed by atoms with Crippen molar-refractivity contribution in [1.82, 2.24) is 4.90 Å². The predicted octanol–water partition coefficient (Wildman–Crippen LogP) is 7.18. The Labute approximate surface area is 265 Å². The van der Waals surface area contributed by atoms with E-state index in [0.29, 0.717) is 42.3 Å². The molecule has 0 saturated heterocycles. The Morgan fingerprint density at radius 1 is 0.822 bits per heavy atom. The van der Waals surface area contributed by atoms with Crippen LogP contribution < -0.4 is 10.1 Å². The average Bonchev–Trinajstić information content (AvgIpc) is 3.05. The molecule has 0 heterocycles. The number of para-hydroxylation sites is 1. The lowest BCUT2D eigenvalue weighted by Gasteiger charge is -2.27. The number of carboxylic acids is 1. The molecule has 0 saturated carbocycles. The Balaban J connectivity index is 1.38. The molecule has 45 heavy (non-hydrogen) atoms. The molecule has 0 aliphatic rings. The quantitative estimate of drug-likeness (QED) is 0.131. The molecule has 1 amide bonds. The van der Waals surface area contributed by atoms with E-state index in [-0.39, 0.29) is 24.0 Å². The monoisotopic (exact) mass is 606 g/mol. The van der Waals surface area contributed by atoms with Crippen LogP contribution in [0.4, 0.5) is 5.69 Å². The fraction of sp³-hybridized carbons (Fsp3) is 0.289. The molecule has 0 unspecified atom stereocenters. The number of hydrogen-bond acceptors (Lipinski definition) is 5. The number of nitrogens with zero attached hydrogens (tertiary/aromatic N) is 1. The van der Waals surface area contributed by atoms with Gasteiger partial charge in [0.05, 0.1) is 6.54 Å². The second kappa shape index (κ2) is 16.2. The van der Waals surface area contributed by atoms with Crippen LogP contribution in [-0.4, -0.2) is 46.9 Å². The first-order valence-electron chi connectivity index (χ1n) is 15.5.